The summed E-state index contributed by atoms with van der Waals surface area (Å²) < 4.78 is 21.4. The molecule has 16 heavy (non-hydrogen) atoms. The average molecular weight is 241 g/mol. The number of primary sulfonamides is 1. The lowest BCUT2D eigenvalue weighted by Gasteiger charge is -1.96. The molecule has 0 aliphatic carbocycles. The molecule has 0 bridgehead atoms. The van der Waals surface area contributed by atoms with Crippen molar-refractivity contribution in [3.05, 3.63) is 36.7 Å². The van der Waals surface area contributed by atoms with Gasteiger partial charge in [0.1, 0.15) is 0 Å². The molecule has 0 aliphatic rings. The van der Waals surface area contributed by atoms with Crippen molar-refractivity contribution in [1.29, 1.82) is 0 Å². The van der Waals surface area contributed by atoms with Crippen LogP contribution in [0.3, 0.4) is 0 Å². The average Bonchev–Trinajstić information content (AvgIpc) is 2.74. The molecule has 0 aliphatic heterocycles. The first-order valence-corrected chi connectivity index (χ1v) is 5.73. The Morgan fingerprint density at radius 1 is 1.19 bits per heavy atom. The summed E-state index contributed by atoms with van der Waals surface area (Å²) in [7, 11) is -3.58. The van der Waals surface area contributed by atoms with Gasteiger partial charge in [0, 0.05) is 11.9 Å². The number of hydrogen-bond donors (Lipinski definition) is 3. The predicted molar refractivity (Wildman–Crippen MR) is 58.6 cm³/mol. The van der Waals surface area contributed by atoms with Gasteiger partial charge in [-0.15, -0.1) is 5.10 Å². The van der Waals surface area contributed by atoms with Gasteiger partial charge in [0.2, 0.25) is 10.0 Å². The minimum atomic E-state index is -3.58. The van der Waals surface area contributed by atoms with E-state index in [2.05, 4.69) is 15.4 Å². The molecule has 7 nitrogen and oxygen atoms in total. The summed E-state index contributed by atoms with van der Waals surface area (Å²) in [5.41, 5.74) is 5.85. The van der Waals surface area contributed by atoms with Gasteiger partial charge in [-0.25, -0.2) is 13.6 Å². The number of sulfonamides is 1. The van der Waals surface area contributed by atoms with Crippen LogP contribution in [0.5, 0.6) is 0 Å². The molecule has 2 rings (SSSR count). The lowest BCUT2D eigenvalue weighted by atomic mass is 10.3. The summed E-state index contributed by atoms with van der Waals surface area (Å²) >= 11 is 0. The van der Waals surface area contributed by atoms with Gasteiger partial charge < -0.3 is 5.73 Å². The number of nitrogens with two attached hydrogens (primary N) is 2. The van der Waals surface area contributed by atoms with Crippen LogP contribution in [0.2, 0.25) is 0 Å². The van der Waals surface area contributed by atoms with Gasteiger partial charge in [0.05, 0.1) is 11.1 Å². The molecular weight excluding hydrogens is 230 g/mol. The number of aromatic amines is 1. The van der Waals surface area contributed by atoms with Crippen LogP contribution in [-0.4, -0.2) is 23.8 Å². The predicted octanol–water partition coefficient (Wildman–Crippen LogP) is -0.279. The van der Waals surface area contributed by atoms with Gasteiger partial charge in [-0.05, 0) is 24.3 Å². The molecule has 1 aromatic carbocycles. The van der Waals surface area contributed by atoms with Crippen LogP contribution in [0.4, 0.5) is 5.69 Å². The number of H-pyrrole nitrogens is 1. The van der Waals surface area contributed by atoms with Crippen molar-refractivity contribution >= 4 is 15.7 Å². The highest BCUT2D eigenvalue weighted by atomic mass is 32.2. The third-order valence-corrected chi connectivity index (χ3v) is 2.47. The Morgan fingerprint density at radius 3 is 2.12 bits per heavy atom. The maximum atomic E-state index is 10.7. The quantitative estimate of drug-likeness (QED) is 0.591. The first-order chi connectivity index (χ1) is 7.50. The van der Waals surface area contributed by atoms with E-state index in [4.69, 9.17) is 10.9 Å². The third kappa shape index (κ3) is 4.07. The number of benzene rings is 1. The maximum Gasteiger partial charge on any atom is 0.238 e. The van der Waals surface area contributed by atoms with E-state index in [1.165, 1.54) is 24.3 Å². The second-order valence-corrected chi connectivity index (χ2v) is 4.34. The van der Waals surface area contributed by atoms with Crippen molar-refractivity contribution in [1.82, 2.24) is 15.4 Å². The molecule has 0 radical (unpaired) electrons. The Labute approximate surface area is 92.5 Å². The van der Waals surface area contributed by atoms with Gasteiger partial charge in [-0.3, -0.25) is 5.10 Å². The topological polar surface area (TPSA) is 128 Å². The molecule has 86 valence electrons. The van der Waals surface area contributed by atoms with Crippen LogP contribution >= 0.6 is 0 Å². The minimum absolute atomic E-state index is 0.0756. The molecule has 0 saturated heterocycles. The highest BCUT2D eigenvalue weighted by Crippen LogP contribution is 2.08. The number of nitrogen functional groups attached to an aromatic ring is 1. The Bertz CT molecular complexity index is 489. The van der Waals surface area contributed by atoms with E-state index < -0.39 is 10.0 Å². The van der Waals surface area contributed by atoms with Crippen molar-refractivity contribution in [2.24, 2.45) is 5.14 Å². The monoisotopic (exact) mass is 241 g/mol. The van der Waals surface area contributed by atoms with Crippen molar-refractivity contribution in [3.63, 3.8) is 0 Å². The van der Waals surface area contributed by atoms with E-state index in [9.17, 15) is 8.42 Å². The fourth-order valence-corrected chi connectivity index (χ4v) is 1.34. The van der Waals surface area contributed by atoms with Crippen LogP contribution in [-0.2, 0) is 10.0 Å². The van der Waals surface area contributed by atoms with E-state index >= 15 is 0 Å². The zero-order valence-electron chi connectivity index (χ0n) is 8.24. The van der Waals surface area contributed by atoms with Gasteiger partial charge in [-0.2, -0.15) is 0 Å². The Hall–Kier alpha value is -1.93. The highest BCUT2D eigenvalue weighted by molar-refractivity contribution is 7.89. The number of nitrogens with one attached hydrogen (secondary N) is 1. The number of anilines is 1. The fraction of sp³-hybridized carbons (Fsp3) is 0. The molecule has 5 N–H and O–H groups in total. The van der Waals surface area contributed by atoms with Gasteiger partial charge >= 0.3 is 0 Å². The van der Waals surface area contributed by atoms with Crippen molar-refractivity contribution in [3.8, 4) is 0 Å². The van der Waals surface area contributed by atoms with E-state index in [0.717, 1.165) is 0 Å². The maximum absolute atomic E-state index is 10.7. The molecule has 1 heterocycles. The normalized spacial score (nSPS) is 10.3. The lowest BCUT2D eigenvalue weighted by molar-refractivity contribution is 0.598. The summed E-state index contributed by atoms with van der Waals surface area (Å²) in [6, 6.07) is 5.70. The molecule has 2 aromatic rings. The standard InChI is InChI=1S/C6H8N2O2S.C2H3N3/c7-5-1-3-6(4-2-5)11(8,9)10;1-2-4-5-3-1/h1-4H,7H2,(H2,8,9,10);1-2H,(H,3,4,5). The van der Waals surface area contributed by atoms with Gasteiger partial charge in [-0.1, -0.05) is 5.21 Å². The van der Waals surface area contributed by atoms with Crippen LogP contribution in [0.1, 0.15) is 0 Å². The minimum Gasteiger partial charge on any atom is -0.399 e. The summed E-state index contributed by atoms with van der Waals surface area (Å²) in [4.78, 5) is 0.0756. The molecule has 0 atom stereocenters. The second-order valence-electron chi connectivity index (χ2n) is 2.77. The summed E-state index contributed by atoms with van der Waals surface area (Å²) in [6.45, 7) is 0. The zero-order valence-corrected chi connectivity index (χ0v) is 9.05. The SMILES string of the molecule is Nc1ccc(S(N)(=O)=O)cc1.c1c[nH]nn1. The fourth-order valence-electron chi connectivity index (χ4n) is 0.824. The van der Waals surface area contributed by atoms with Crippen LogP contribution in [0, 0.1) is 0 Å². The lowest BCUT2D eigenvalue weighted by Crippen LogP contribution is -2.11. The van der Waals surface area contributed by atoms with Crippen LogP contribution < -0.4 is 10.9 Å². The van der Waals surface area contributed by atoms with Crippen molar-refractivity contribution in [2.75, 3.05) is 5.73 Å². The number of hydrogen-bond acceptors (Lipinski definition) is 5. The van der Waals surface area contributed by atoms with Crippen LogP contribution in [0.25, 0.3) is 0 Å². The number of rotatable bonds is 1. The summed E-state index contributed by atoms with van der Waals surface area (Å²) in [6.07, 6.45) is 3.24. The zero-order chi connectivity index (χ0) is 12.0. The van der Waals surface area contributed by atoms with E-state index in [-0.39, 0.29) is 4.90 Å². The van der Waals surface area contributed by atoms with Crippen molar-refractivity contribution in [2.45, 2.75) is 4.90 Å². The van der Waals surface area contributed by atoms with Crippen LogP contribution in [0.15, 0.2) is 41.6 Å². The molecule has 0 fully saturated rings. The largest absolute Gasteiger partial charge is 0.399 e. The van der Waals surface area contributed by atoms with Gasteiger partial charge in [0.25, 0.3) is 0 Å². The number of nitrogens with zero attached hydrogens (tertiary/aromatic N) is 2. The molecule has 0 unspecified atom stereocenters. The van der Waals surface area contributed by atoms with E-state index in [1.54, 1.807) is 12.4 Å². The summed E-state index contributed by atoms with van der Waals surface area (Å²) in [5.74, 6) is 0. The smallest absolute Gasteiger partial charge is 0.238 e. The highest BCUT2D eigenvalue weighted by Gasteiger charge is 2.04. The molecule has 0 saturated carbocycles. The Kier molecular flexibility index (Phi) is 3.97. The van der Waals surface area contributed by atoms with E-state index in [0.29, 0.717) is 5.69 Å². The molecular formula is C8H11N5O2S. The van der Waals surface area contributed by atoms with E-state index in [1.807, 2.05) is 0 Å². The Morgan fingerprint density at radius 2 is 1.81 bits per heavy atom. The van der Waals surface area contributed by atoms with Gasteiger partial charge in [0.15, 0.2) is 0 Å². The Balaban J connectivity index is 0.000000212. The third-order valence-electron chi connectivity index (χ3n) is 1.54. The molecule has 0 spiro atoms. The molecule has 1 aromatic heterocycles. The first-order valence-electron chi connectivity index (χ1n) is 4.19. The second kappa shape index (κ2) is 5.24. The molecule has 8 heteroatoms. The van der Waals surface area contributed by atoms with Crippen molar-refractivity contribution < 1.29 is 8.42 Å². The summed E-state index contributed by atoms with van der Waals surface area (Å²) in [5, 5.41) is 14.1. The first kappa shape index (κ1) is 12.1. The molecule has 0 amide bonds. The number of aromatic nitrogens is 3.